The third-order valence-corrected chi connectivity index (χ3v) is 4.11. The lowest BCUT2D eigenvalue weighted by molar-refractivity contribution is 0.246. The Kier molecular flexibility index (Phi) is 6.13. The van der Waals surface area contributed by atoms with Gasteiger partial charge in [-0.25, -0.2) is 0 Å². The number of hydrogen-bond acceptors (Lipinski definition) is 3. The number of ether oxygens (including phenoxy) is 2. The van der Waals surface area contributed by atoms with Gasteiger partial charge in [0.15, 0.2) is 0 Å². The number of thiocarbonyl (C=S) groups is 1. The fourth-order valence-electron chi connectivity index (χ4n) is 2.33. The van der Waals surface area contributed by atoms with Crippen molar-refractivity contribution in [2.45, 2.75) is 20.5 Å². The summed E-state index contributed by atoms with van der Waals surface area (Å²) in [6.45, 7) is 5.05. The van der Waals surface area contributed by atoms with Crippen molar-refractivity contribution < 1.29 is 9.47 Å². The highest BCUT2D eigenvalue weighted by Gasteiger charge is 2.12. The van der Waals surface area contributed by atoms with Crippen LogP contribution in [0.15, 0.2) is 42.5 Å². The number of hydrogen-bond donors (Lipinski definition) is 0. The molecule has 0 aliphatic rings. The van der Waals surface area contributed by atoms with E-state index in [1.165, 1.54) is 5.56 Å². The summed E-state index contributed by atoms with van der Waals surface area (Å²) in [5.74, 6) is 0.918. The molecule has 0 fully saturated rings. The standard InChI is InChI=1S/C19H23NO2S/c1-14-9-10-15(2)18(11-14)22-12-16-7-5-6-8-17(16)20(3)19(23)13-21-4/h5-11H,12-13H2,1-4H3. The number of rotatable bonds is 6. The Morgan fingerprint density at radius 1 is 1.13 bits per heavy atom. The van der Waals surface area contributed by atoms with Crippen LogP contribution in [0, 0.1) is 13.8 Å². The van der Waals surface area contributed by atoms with Crippen molar-refractivity contribution in [2.75, 3.05) is 25.7 Å². The zero-order valence-corrected chi connectivity index (χ0v) is 14.9. The summed E-state index contributed by atoms with van der Waals surface area (Å²) in [5.41, 5.74) is 4.46. The third-order valence-electron chi connectivity index (χ3n) is 3.72. The van der Waals surface area contributed by atoms with E-state index in [2.05, 4.69) is 38.1 Å². The molecule has 0 radical (unpaired) electrons. The number of likely N-dealkylation sites (N-methyl/N-ethyl adjacent to an activating group) is 1. The zero-order valence-electron chi connectivity index (χ0n) is 14.1. The van der Waals surface area contributed by atoms with Crippen LogP contribution in [0.5, 0.6) is 5.75 Å². The Morgan fingerprint density at radius 2 is 1.87 bits per heavy atom. The Labute approximate surface area is 143 Å². The molecule has 0 aromatic heterocycles. The molecule has 0 saturated carbocycles. The predicted molar refractivity (Wildman–Crippen MR) is 99.6 cm³/mol. The molecule has 2 rings (SSSR count). The number of aryl methyl sites for hydroxylation is 2. The molecular formula is C19H23NO2S. The highest BCUT2D eigenvalue weighted by Crippen LogP contribution is 2.24. The number of methoxy groups -OCH3 is 1. The SMILES string of the molecule is COCC(=S)N(C)c1ccccc1COc1cc(C)ccc1C. The Bertz CT molecular complexity index is 685. The molecule has 122 valence electrons. The van der Waals surface area contributed by atoms with E-state index in [4.69, 9.17) is 21.7 Å². The molecule has 0 saturated heterocycles. The molecule has 0 bridgehead atoms. The lowest BCUT2D eigenvalue weighted by Crippen LogP contribution is -2.29. The van der Waals surface area contributed by atoms with Crippen LogP contribution >= 0.6 is 12.2 Å². The van der Waals surface area contributed by atoms with Gasteiger partial charge in [0.2, 0.25) is 0 Å². The molecule has 2 aromatic rings. The highest BCUT2D eigenvalue weighted by molar-refractivity contribution is 7.80. The van der Waals surface area contributed by atoms with Crippen molar-refractivity contribution >= 4 is 22.9 Å². The van der Waals surface area contributed by atoms with E-state index in [1.54, 1.807) is 7.11 Å². The lowest BCUT2D eigenvalue weighted by atomic mass is 10.1. The zero-order chi connectivity index (χ0) is 16.8. The molecule has 0 aliphatic carbocycles. The van der Waals surface area contributed by atoms with E-state index >= 15 is 0 Å². The Balaban J connectivity index is 2.17. The van der Waals surface area contributed by atoms with E-state index in [-0.39, 0.29) is 0 Å². The Hall–Kier alpha value is -1.91. The first kappa shape index (κ1) is 17.4. The van der Waals surface area contributed by atoms with Crippen LogP contribution in [0.1, 0.15) is 16.7 Å². The normalized spacial score (nSPS) is 10.4. The minimum Gasteiger partial charge on any atom is -0.489 e. The van der Waals surface area contributed by atoms with Crippen molar-refractivity contribution in [1.29, 1.82) is 0 Å². The van der Waals surface area contributed by atoms with Gasteiger partial charge in [-0.1, -0.05) is 42.5 Å². The molecule has 0 spiro atoms. The van der Waals surface area contributed by atoms with Crippen LogP contribution < -0.4 is 9.64 Å². The second kappa shape index (κ2) is 8.09. The molecule has 0 heterocycles. The van der Waals surface area contributed by atoms with Gasteiger partial charge in [0.1, 0.15) is 17.3 Å². The summed E-state index contributed by atoms with van der Waals surface area (Å²) >= 11 is 5.39. The molecule has 3 nitrogen and oxygen atoms in total. The van der Waals surface area contributed by atoms with Gasteiger partial charge in [0, 0.05) is 25.4 Å². The van der Waals surface area contributed by atoms with Gasteiger partial charge in [0.05, 0.1) is 6.61 Å². The van der Waals surface area contributed by atoms with E-state index in [9.17, 15) is 0 Å². The number of para-hydroxylation sites is 1. The molecule has 2 aromatic carbocycles. The summed E-state index contributed by atoms with van der Waals surface area (Å²) in [4.78, 5) is 2.72. The first-order valence-corrected chi connectivity index (χ1v) is 7.97. The average Bonchev–Trinajstić information content (AvgIpc) is 2.55. The minimum atomic E-state index is 0.429. The van der Waals surface area contributed by atoms with Gasteiger partial charge in [-0.05, 0) is 37.1 Å². The first-order chi connectivity index (χ1) is 11.0. The second-order valence-electron chi connectivity index (χ2n) is 5.57. The van der Waals surface area contributed by atoms with Crippen molar-refractivity contribution in [3.8, 4) is 5.75 Å². The van der Waals surface area contributed by atoms with Crippen LogP contribution in [0.4, 0.5) is 5.69 Å². The molecule has 0 aliphatic heterocycles. The van der Waals surface area contributed by atoms with Crippen LogP contribution in [0.2, 0.25) is 0 Å². The molecule has 4 heteroatoms. The van der Waals surface area contributed by atoms with Crippen molar-refractivity contribution in [3.05, 3.63) is 59.2 Å². The summed E-state index contributed by atoms with van der Waals surface area (Å²) in [6.07, 6.45) is 0. The van der Waals surface area contributed by atoms with Crippen LogP contribution in [0.3, 0.4) is 0 Å². The average molecular weight is 329 g/mol. The lowest BCUT2D eigenvalue weighted by Gasteiger charge is -2.23. The maximum absolute atomic E-state index is 6.03. The molecule has 0 N–H and O–H groups in total. The summed E-state index contributed by atoms with van der Waals surface area (Å²) in [5, 5.41) is 0. The molecule has 23 heavy (non-hydrogen) atoms. The quantitative estimate of drug-likeness (QED) is 0.737. The summed E-state index contributed by atoms with van der Waals surface area (Å²) in [7, 11) is 3.60. The van der Waals surface area contributed by atoms with E-state index in [0.29, 0.717) is 13.2 Å². The van der Waals surface area contributed by atoms with Gasteiger partial charge in [0.25, 0.3) is 0 Å². The summed E-state index contributed by atoms with van der Waals surface area (Å²) in [6, 6.07) is 14.4. The van der Waals surface area contributed by atoms with E-state index < -0.39 is 0 Å². The molecular weight excluding hydrogens is 306 g/mol. The largest absolute Gasteiger partial charge is 0.489 e. The molecule has 0 unspecified atom stereocenters. The number of nitrogens with zero attached hydrogens (tertiary/aromatic N) is 1. The van der Waals surface area contributed by atoms with Gasteiger partial charge in [-0.2, -0.15) is 0 Å². The van der Waals surface area contributed by atoms with Crippen LogP contribution in [0.25, 0.3) is 0 Å². The maximum atomic E-state index is 6.03. The van der Waals surface area contributed by atoms with Crippen LogP contribution in [-0.4, -0.2) is 25.8 Å². The van der Waals surface area contributed by atoms with Gasteiger partial charge in [-0.3, -0.25) is 0 Å². The van der Waals surface area contributed by atoms with Crippen molar-refractivity contribution in [3.63, 3.8) is 0 Å². The Morgan fingerprint density at radius 3 is 2.61 bits per heavy atom. The van der Waals surface area contributed by atoms with Crippen molar-refractivity contribution in [1.82, 2.24) is 0 Å². The van der Waals surface area contributed by atoms with E-state index in [0.717, 1.165) is 27.6 Å². The monoisotopic (exact) mass is 329 g/mol. The second-order valence-corrected chi connectivity index (χ2v) is 6.04. The highest BCUT2D eigenvalue weighted by atomic mass is 32.1. The smallest absolute Gasteiger partial charge is 0.122 e. The topological polar surface area (TPSA) is 21.7 Å². The number of anilines is 1. The fourth-order valence-corrected chi connectivity index (χ4v) is 2.55. The first-order valence-electron chi connectivity index (χ1n) is 7.56. The number of benzene rings is 2. The molecule has 0 atom stereocenters. The predicted octanol–water partition coefficient (Wildman–Crippen LogP) is 4.29. The fraction of sp³-hybridized carbons (Fsp3) is 0.316. The third kappa shape index (κ3) is 4.53. The minimum absolute atomic E-state index is 0.429. The van der Waals surface area contributed by atoms with Gasteiger partial charge >= 0.3 is 0 Å². The maximum Gasteiger partial charge on any atom is 0.122 e. The summed E-state index contributed by atoms with van der Waals surface area (Å²) < 4.78 is 11.2. The van der Waals surface area contributed by atoms with Gasteiger partial charge < -0.3 is 14.4 Å². The van der Waals surface area contributed by atoms with Crippen molar-refractivity contribution in [2.24, 2.45) is 0 Å². The molecule has 0 amide bonds. The van der Waals surface area contributed by atoms with Gasteiger partial charge in [-0.15, -0.1) is 0 Å². The van der Waals surface area contributed by atoms with E-state index in [1.807, 2.05) is 30.1 Å². The van der Waals surface area contributed by atoms with Crippen LogP contribution in [-0.2, 0) is 11.3 Å².